The Morgan fingerprint density at radius 3 is 2.68 bits per heavy atom. The Hall–Kier alpha value is -0.580. The molecule has 142 valence electrons. The zero-order valence-electron chi connectivity index (χ0n) is 14.2. The van der Waals surface area contributed by atoms with Crippen molar-refractivity contribution in [3.05, 3.63) is 16.1 Å². The third kappa shape index (κ3) is 4.99. The van der Waals surface area contributed by atoms with E-state index >= 15 is 0 Å². The lowest BCUT2D eigenvalue weighted by Crippen LogP contribution is -2.41. The first-order valence-electron chi connectivity index (χ1n) is 8.39. The normalized spacial score (nSPS) is 20.2. The van der Waals surface area contributed by atoms with E-state index in [1.807, 2.05) is 0 Å². The van der Waals surface area contributed by atoms with Gasteiger partial charge in [0.25, 0.3) is 0 Å². The molecule has 9 heteroatoms. The summed E-state index contributed by atoms with van der Waals surface area (Å²) in [5, 5.41) is 4.85. The predicted molar refractivity (Wildman–Crippen MR) is 105 cm³/mol. The Kier molecular flexibility index (Phi) is 6.97. The number of alkyl halides is 3. The molecule has 2 aliphatic rings. The average molecular weight is 488 g/mol. The summed E-state index contributed by atoms with van der Waals surface area (Å²) >= 11 is 1.06. The summed E-state index contributed by atoms with van der Waals surface area (Å²) in [7, 11) is 1.76. The maximum Gasteiger partial charge on any atom is 0.434 e. The van der Waals surface area contributed by atoms with Crippen LogP contribution in [0.4, 0.5) is 13.2 Å². The lowest BCUT2D eigenvalue weighted by atomic mass is 9.86. The van der Waals surface area contributed by atoms with Crippen molar-refractivity contribution in [3.63, 3.8) is 0 Å². The summed E-state index contributed by atoms with van der Waals surface area (Å²) < 4.78 is 37.7. The van der Waals surface area contributed by atoms with Crippen molar-refractivity contribution in [2.75, 3.05) is 26.7 Å². The van der Waals surface area contributed by atoms with Crippen molar-refractivity contribution in [1.82, 2.24) is 15.2 Å². The van der Waals surface area contributed by atoms with Gasteiger partial charge in [0.1, 0.15) is 0 Å². The predicted octanol–water partition coefficient (Wildman–Crippen LogP) is 4.16. The van der Waals surface area contributed by atoms with Crippen LogP contribution in [0.3, 0.4) is 0 Å². The van der Waals surface area contributed by atoms with E-state index in [0.29, 0.717) is 23.4 Å². The monoisotopic (exact) mass is 488 g/mol. The van der Waals surface area contributed by atoms with Crippen LogP contribution < -0.4 is 5.32 Å². The zero-order valence-corrected chi connectivity index (χ0v) is 17.4. The van der Waals surface area contributed by atoms with E-state index in [0.717, 1.165) is 35.8 Å². The fourth-order valence-electron chi connectivity index (χ4n) is 3.82. The number of rotatable bonds is 3. The van der Waals surface area contributed by atoms with Gasteiger partial charge in [-0.1, -0.05) is 12.8 Å². The highest BCUT2D eigenvalue weighted by Gasteiger charge is 2.41. The lowest BCUT2D eigenvalue weighted by Gasteiger charge is -2.25. The minimum absolute atomic E-state index is 0. The minimum atomic E-state index is -4.36. The molecule has 1 saturated carbocycles. The molecule has 1 aliphatic carbocycles. The van der Waals surface area contributed by atoms with E-state index in [4.69, 9.17) is 0 Å². The van der Waals surface area contributed by atoms with Crippen LogP contribution in [0.1, 0.15) is 42.8 Å². The maximum atomic E-state index is 12.6. The number of hydrogen-bond donors (Lipinski definition) is 1. The van der Waals surface area contributed by atoms with Crippen LogP contribution in [-0.2, 0) is 12.6 Å². The summed E-state index contributed by atoms with van der Waals surface area (Å²) in [6, 6.07) is 0. The lowest BCUT2D eigenvalue weighted by molar-refractivity contribution is -0.140. The van der Waals surface area contributed by atoms with Crippen LogP contribution >= 0.6 is 35.3 Å². The molecule has 0 radical (unpaired) electrons. The largest absolute Gasteiger partial charge is 0.434 e. The second-order valence-corrected chi connectivity index (χ2v) is 7.67. The van der Waals surface area contributed by atoms with Gasteiger partial charge >= 0.3 is 6.18 Å². The van der Waals surface area contributed by atoms with Crippen LogP contribution in [-0.4, -0.2) is 42.5 Å². The highest BCUT2D eigenvalue weighted by molar-refractivity contribution is 14.0. The molecule has 0 bridgehead atoms. The molecule has 0 atom stereocenters. The SMILES string of the molecule is CN=C(NCCc1nc(C(F)(F)F)cs1)N1CCC2(CCCC2)C1.I. The smallest absolute Gasteiger partial charge is 0.356 e. The summed E-state index contributed by atoms with van der Waals surface area (Å²) in [6.07, 6.45) is 2.59. The molecule has 1 N–H and O–H groups in total. The van der Waals surface area contributed by atoms with Crippen molar-refractivity contribution >= 4 is 41.3 Å². The molecule has 1 spiro atoms. The van der Waals surface area contributed by atoms with Crippen LogP contribution in [0.25, 0.3) is 0 Å². The van der Waals surface area contributed by atoms with Gasteiger partial charge in [0, 0.05) is 38.5 Å². The number of aliphatic imine (C=N–C) groups is 1. The van der Waals surface area contributed by atoms with Crippen molar-refractivity contribution in [3.8, 4) is 0 Å². The molecule has 25 heavy (non-hydrogen) atoms. The molecular formula is C16H24F3IN4S. The van der Waals surface area contributed by atoms with Gasteiger partial charge in [0.2, 0.25) is 0 Å². The Balaban J connectivity index is 0.00000225. The van der Waals surface area contributed by atoms with Crippen molar-refractivity contribution < 1.29 is 13.2 Å². The van der Waals surface area contributed by atoms with Crippen LogP contribution in [0.2, 0.25) is 0 Å². The molecule has 0 unspecified atom stereocenters. The standard InChI is InChI=1S/C16H23F3N4S.HI/c1-20-14(23-9-7-15(11-23)5-2-3-6-15)21-8-4-13-22-12(10-24-13)16(17,18)19;/h10H,2-9,11H2,1H3,(H,20,21);1H. The molecule has 1 aromatic heterocycles. The Morgan fingerprint density at radius 1 is 1.36 bits per heavy atom. The number of halogens is 4. The third-order valence-electron chi connectivity index (χ3n) is 5.08. The first kappa shape index (κ1) is 20.7. The number of likely N-dealkylation sites (tertiary alicyclic amines) is 1. The Labute approximate surface area is 167 Å². The summed E-state index contributed by atoms with van der Waals surface area (Å²) in [4.78, 5) is 10.3. The summed E-state index contributed by atoms with van der Waals surface area (Å²) in [6.45, 7) is 2.60. The third-order valence-corrected chi connectivity index (χ3v) is 5.99. The van der Waals surface area contributed by atoms with Gasteiger partial charge in [0.15, 0.2) is 11.7 Å². The molecule has 3 rings (SSSR count). The molecule has 0 aromatic carbocycles. The van der Waals surface area contributed by atoms with Crippen molar-refractivity contribution in [2.24, 2.45) is 10.4 Å². The molecular weight excluding hydrogens is 464 g/mol. The van der Waals surface area contributed by atoms with Gasteiger partial charge < -0.3 is 10.2 Å². The molecule has 2 fully saturated rings. The minimum Gasteiger partial charge on any atom is -0.356 e. The van der Waals surface area contributed by atoms with E-state index in [1.165, 1.54) is 32.1 Å². The van der Waals surface area contributed by atoms with Crippen LogP contribution in [0, 0.1) is 5.41 Å². The van der Waals surface area contributed by atoms with Crippen molar-refractivity contribution in [1.29, 1.82) is 0 Å². The maximum absolute atomic E-state index is 12.6. The van der Waals surface area contributed by atoms with E-state index < -0.39 is 11.9 Å². The van der Waals surface area contributed by atoms with Crippen LogP contribution in [0.5, 0.6) is 0 Å². The summed E-state index contributed by atoms with van der Waals surface area (Å²) in [5.41, 5.74) is -0.330. The molecule has 1 saturated heterocycles. The van der Waals surface area contributed by atoms with Gasteiger partial charge in [-0.25, -0.2) is 4.98 Å². The fourth-order valence-corrected chi connectivity index (χ4v) is 4.62. The highest BCUT2D eigenvalue weighted by Crippen LogP contribution is 2.45. The van der Waals surface area contributed by atoms with E-state index in [2.05, 4.69) is 20.2 Å². The van der Waals surface area contributed by atoms with E-state index in [-0.39, 0.29) is 24.0 Å². The average Bonchev–Trinajstić information content (AvgIpc) is 3.26. The molecule has 1 aliphatic heterocycles. The number of aromatic nitrogens is 1. The Morgan fingerprint density at radius 2 is 2.08 bits per heavy atom. The molecule has 0 amide bonds. The van der Waals surface area contributed by atoms with Gasteiger partial charge in [-0.15, -0.1) is 35.3 Å². The molecule has 1 aromatic rings. The van der Waals surface area contributed by atoms with Gasteiger partial charge in [0.05, 0.1) is 5.01 Å². The number of nitrogens with zero attached hydrogens (tertiary/aromatic N) is 3. The second-order valence-electron chi connectivity index (χ2n) is 6.73. The van der Waals surface area contributed by atoms with Crippen LogP contribution in [0.15, 0.2) is 10.4 Å². The first-order valence-corrected chi connectivity index (χ1v) is 9.27. The molecule has 4 nitrogen and oxygen atoms in total. The zero-order chi connectivity index (χ0) is 17.2. The first-order chi connectivity index (χ1) is 11.4. The topological polar surface area (TPSA) is 40.5 Å². The Bertz CT molecular complexity index is 596. The number of hydrogen-bond acceptors (Lipinski definition) is 3. The van der Waals surface area contributed by atoms with Gasteiger partial charge in [-0.3, -0.25) is 4.99 Å². The van der Waals surface area contributed by atoms with Gasteiger partial charge in [-0.05, 0) is 24.7 Å². The summed E-state index contributed by atoms with van der Waals surface area (Å²) in [5.74, 6) is 0.853. The van der Waals surface area contributed by atoms with E-state index in [9.17, 15) is 13.2 Å². The second kappa shape index (κ2) is 8.41. The van der Waals surface area contributed by atoms with Crippen molar-refractivity contribution in [2.45, 2.75) is 44.7 Å². The fraction of sp³-hybridized carbons (Fsp3) is 0.750. The number of nitrogens with one attached hydrogen (secondary N) is 1. The highest BCUT2D eigenvalue weighted by atomic mass is 127. The van der Waals surface area contributed by atoms with Gasteiger partial charge in [-0.2, -0.15) is 13.2 Å². The number of thiazole rings is 1. The molecule has 2 heterocycles. The quantitative estimate of drug-likeness (QED) is 0.395. The van der Waals surface area contributed by atoms with E-state index in [1.54, 1.807) is 7.05 Å². The number of guanidine groups is 1.